The maximum Gasteiger partial charge on any atom is 0.322 e. The molecule has 0 bridgehead atoms. The highest BCUT2D eigenvalue weighted by molar-refractivity contribution is 5.97. The Labute approximate surface area is 155 Å². The van der Waals surface area contributed by atoms with Gasteiger partial charge >= 0.3 is 6.01 Å². The number of nitrogens with zero attached hydrogens (tertiary/aromatic N) is 4. The summed E-state index contributed by atoms with van der Waals surface area (Å²) in [4.78, 5) is 32.2. The van der Waals surface area contributed by atoms with E-state index in [9.17, 15) is 9.59 Å². The van der Waals surface area contributed by atoms with Crippen molar-refractivity contribution in [3.8, 4) is 23.1 Å². The summed E-state index contributed by atoms with van der Waals surface area (Å²) in [5, 5.41) is 4.24. The molecular weight excluding hydrogens is 346 g/mol. The molecular formula is C19H17N5O3. The second-order valence-electron chi connectivity index (χ2n) is 6.34. The smallest absolute Gasteiger partial charge is 0.322 e. The number of Topliss-reactive ketones (excluding diaryl/α,β-unsaturated/α-hetero) is 1. The molecule has 0 saturated carbocycles. The number of para-hydroxylation sites is 1. The Kier molecular flexibility index (Phi) is 3.95. The lowest BCUT2D eigenvalue weighted by Gasteiger charge is -2.17. The van der Waals surface area contributed by atoms with Crippen molar-refractivity contribution in [2.45, 2.75) is 19.8 Å². The number of hydrogen-bond acceptors (Lipinski definition) is 6. The number of aryl methyl sites for hydroxylation is 2. The molecule has 1 aliphatic rings. The first-order chi connectivity index (χ1) is 13.0. The lowest BCUT2D eigenvalue weighted by atomic mass is 9.93. The number of amides is 1. The van der Waals surface area contributed by atoms with Crippen LogP contribution in [0, 0.1) is 0 Å². The first kappa shape index (κ1) is 16.9. The zero-order chi connectivity index (χ0) is 19.1. The Morgan fingerprint density at radius 3 is 2.74 bits per heavy atom. The van der Waals surface area contributed by atoms with E-state index < -0.39 is 5.91 Å². The van der Waals surface area contributed by atoms with Crippen LogP contribution >= 0.6 is 0 Å². The second-order valence-corrected chi connectivity index (χ2v) is 6.34. The molecule has 2 N–H and O–H groups in total. The minimum atomic E-state index is -0.559. The Hall–Kier alpha value is -3.55. The van der Waals surface area contributed by atoms with E-state index in [0.29, 0.717) is 29.8 Å². The van der Waals surface area contributed by atoms with Crippen LogP contribution in [0.3, 0.4) is 0 Å². The van der Waals surface area contributed by atoms with E-state index in [1.807, 2.05) is 0 Å². The molecule has 8 nitrogen and oxygen atoms in total. The van der Waals surface area contributed by atoms with E-state index in [2.05, 4.69) is 15.1 Å². The largest absolute Gasteiger partial charge is 0.424 e. The maximum atomic E-state index is 11.8. The molecule has 1 aromatic carbocycles. The predicted molar refractivity (Wildman–Crippen MR) is 96.7 cm³/mol. The fraction of sp³-hybridized carbons (Fsp3) is 0.211. The number of nitrogens with two attached hydrogens (primary N) is 1. The summed E-state index contributed by atoms with van der Waals surface area (Å²) in [7, 11) is 1.74. The molecule has 0 radical (unpaired) electrons. The van der Waals surface area contributed by atoms with Gasteiger partial charge in [-0.3, -0.25) is 14.3 Å². The Morgan fingerprint density at radius 2 is 2.00 bits per heavy atom. The van der Waals surface area contributed by atoms with Crippen molar-refractivity contribution < 1.29 is 14.3 Å². The van der Waals surface area contributed by atoms with Crippen molar-refractivity contribution in [2.75, 3.05) is 0 Å². The van der Waals surface area contributed by atoms with Gasteiger partial charge in [0.05, 0.1) is 17.0 Å². The second kappa shape index (κ2) is 6.31. The number of ether oxygens (including phenoxy) is 1. The zero-order valence-electron chi connectivity index (χ0n) is 14.9. The van der Waals surface area contributed by atoms with E-state index in [-0.39, 0.29) is 17.5 Å². The topological polar surface area (TPSA) is 113 Å². The van der Waals surface area contributed by atoms with Crippen LogP contribution in [0.2, 0.25) is 0 Å². The van der Waals surface area contributed by atoms with Gasteiger partial charge in [-0.15, -0.1) is 0 Å². The molecule has 0 unspecified atom stereocenters. The van der Waals surface area contributed by atoms with Crippen LogP contribution in [0.15, 0.2) is 30.5 Å². The number of fused-ring (bicyclic) bond motifs is 3. The fourth-order valence-corrected chi connectivity index (χ4v) is 3.33. The number of ketones is 1. The third-order valence-electron chi connectivity index (χ3n) is 4.56. The zero-order valence-corrected chi connectivity index (χ0v) is 14.9. The van der Waals surface area contributed by atoms with Gasteiger partial charge in [-0.2, -0.15) is 10.1 Å². The van der Waals surface area contributed by atoms with Crippen molar-refractivity contribution in [3.63, 3.8) is 0 Å². The van der Waals surface area contributed by atoms with Gasteiger partial charge in [0, 0.05) is 18.8 Å². The molecule has 0 fully saturated rings. The van der Waals surface area contributed by atoms with Gasteiger partial charge in [-0.05, 0) is 37.5 Å². The van der Waals surface area contributed by atoms with Crippen molar-refractivity contribution in [1.29, 1.82) is 0 Å². The maximum absolute atomic E-state index is 11.8. The first-order valence-corrected chi connectivity index (χ1v) is 8.45. The lowest BCUT2D eigenvalue weighted by molar-refractivity contribution is 0.0990. The Bertz CT molecular complexity index is 1090. The molecule has 0 spiro atoms. The van der Waals surface area contributed by atoms with Crippen LogP contribution in [0.25, 0.3) is 11.4 Å². The molecule has 27 heavy (non-hydrogen) atoms. The van der Waals surface area contributed by atoms with Gasteiger partial charge in [0.25, 0.3) is 5.91 Å². The van der Waals surface area contributed by atoms with Gasteiger partial charge in [0.2, 0.25) is 0 Å². The normalized spacial score (nSPS) is 12.2. The molecule has 0 aliphatic heterocycles. The van der Waals surface area contributed by atoms with Crippen LogP contribution in [0.5, 0.6) is 11.8 Å². The molecule has 8 heteroatoms. The summed E-state index contributed by atoms with van der Waals surface area (Å²) in [5.74, 6) is -0.274. The number of hydrogen-bond donors (Lipinski definition) is 1. The molecule has 0 atom stereocenters. The summed E-state index contributed by atoms with van der Waals surface area (Å²) in [6, 6.07) is 7.05. The summed E-state index contributed by atoms with van der Waals surface area (Å²) >= 11 is 0. The van der Waals surface area contributed by atoms with E-state index in [0.717, 1.165) is 16.8 Å². The Morgan fingerprint density at radius 1 is 1.22 bits per heavy atom. The van der Waals surface area contributed by atoms with Crippen molar-refractivity contribution in [2.24, 2.45) is 12.8 Å². The molecule has 4 rings (SSSR count). The van der Waals surface area contributed by atoms with Gasteiger partial charge in [0.15, 0.2) is 11.5 Å². The molecule has 1 aliphatic carbocycles. The Balaban J connectivity index is 1.78. The first-order valence-electron chi connectivity index (χ1n) is 8.45. The number of aromatic nitrogens is 4. The van der Waals surface area contributed by atoms with Gasteiger partial charge in [0.1, 0.15) is 5.75 Å². The minimum absolute atomic E-state index is 0.108. The van der Waals surface area contributed by atoms with Crippen LogP contribution in [-0.4, -0.2) is 31.4 Å². The van der Waals surface area contributed by atoms with Crippen LogP contribution < -0.4 is 10.5 Å². The van der Waals surface area contributed by atoms with Crippen LogP contribution in [0.4, 0.5) is 0 Å². The highest BCUT2D eigenvalue weighted by atomic mass is 16.5. The minimum Gasteiger partial charge on any atom is -0.424 e. The molecule has 2 aromatic heterocycles. The molecule has 0 saturated heterocycles. The molecule has 136 valence electrons. The van der Waals surface area contributed by atoms with E-state index in [4.69, 9.17) is 10.5 Å². The summed E-state index contributed by atoms with van der Waals surface area (Å²) in [5.41, 5.74) is 9.28. The average Bonchev–Trinajstić information content (AvgIpc) is 2.99. The number of carbonyl (C=O) groups excluding carboxylic acids is 2. The SMILES string of the molecule is CC(=O)c1ccccc1Oc1ncc2c(n1)-c1c(c(C(N)=O)nn1C)CC2. The highest BCUT2D eigenvalue weighted by Gasteiger charge is 2.28. The summed E-state index contributed by atoms with van der Waals surface area (Å²) in [6.45, 7) is 1.48. The van der Waals surface area contributed by atoms with Gasteiger partial charge in [-0.25, -0.2) is 4.98 Å². The van der Waals surface area contributed by atoms with E-state index >= 15 is 0 Å². The van der Waals surface area contributed by atoms with Crippen LogP contribution in [0.1, 0.15) is 38.9 Å². The number of primary amides is 1. The van der Waals surface area contributed by atoms with E-state index in [1.54, 1.807) is 42.2 Å². The van der Waals surface area contributed by atoms with Gasteiger partial charge in [-0.1, -0.05) is 12.1 Å². The summed E-state index contributed by atoms with van der Waals surface area (Å²) in [6.07, 6.45) is 3.03. The predicted octanol–water partition coefficient (Wildman–Crippen LogP) is 2.07. The molecule has 2 heterocycles. The highest BCUT2D eigenvalue weighted by Crippen LogP contribution is 2.35. The monoisotopic (exact) mass is 363 g/mol. The third-order valence-corrected chi connectivity index (χ3v) is 4.56. The lowest BCUT2D eigenvalue weighted by Crippen LogP contribution is -2.15. The molecule has 1 amide bonds. The number of carbonyl (C=O) groups is 2. The van der Waals surface area contributed by atoms with Gasteiger partial charge < -0.3 is 10.5 Å². The fourth-order valence-electron chi connectivity index (χ4n) is 3.33. The van der Waals surface area contributed by atoms with Crippen LogP contribution in [-0.2, 0) is 19.9 Å². The van der Waals surface area contributed by atoms with E-state index in [1.165, 1.54) is 6.92 Å². The third kappa shape index (κ3) is 2.84. The standard InChI is InChI=1S/C19H17N5O3/c1-10(25)12-5-3-4-6-14(12)27-19-21-9-11-7-8-13-16(18(20)26)23-24(2)17(13)15(11)22-19/h3-6,9H,7-8H2,1-2H3,(H2,20,26). The van der Waals surface area contributed by atoms with Crippen molar-refractivity contribution >= 4 is 11.7 Å². The molecule has 3 aromatic rings. The number of rotatable bonds is 4. The van der Waals surface area contributed by atoms with Crippen molar-refractivity contribution in [3.05, 3.63) is 52.8 Å². The average molecular weight is 363 g/mol. The quantitative estimate of drug-likeness (QED) is 0.710. The summed E-state index contributed by atoms with van der Waals surface area (Å²) < 4.78 is 7.39. The number of benzene rings is 1. The van der Waals surface area contributed by atoms with Crippen molar-refractivity contribution in [1.82, 2.24) is 19.7 Å².